The molecule has 0 radical (unpaired) electrons. The molecule has 2 aromatic rings. The van der Waals surface area contributed by atoms with Crippen molar-refractivity contribution < 1.29 is 17.6 Å². The fourth-order valence-corrected chi connectivity index (χ4v) is 2.93. The zero-order chi connectivity index (χ0) is 17.4. The Morgan fingerprint density at radius 1 is 0.913 bits per heavy atom. The van der Waals surface area contributed by atoms with Crippen LogP contribution in [0.4, 0.5) is 17.6 Å². The lowest BCUT2D eigenvalue weighted by Crippen LogP contribution is -2.10. The third kappa shape index (κ3) is 3.46. The molecular formula is C19H18F4. The van der Waals surface area contributed by atoms with E-state index in [1.54, 1.807) is 6.92 Å². The second-order valence-electron chi connectivity index (χ2n) is 5.70. The number of benzene rings is 2. The smallest absolute Gasteiger partial charge is 0.206 e. The van der Waals surface area contributed by atoms with E-state index in [1.165, 1.54) is 18.2 Å². The van der Waals surface area contributed by atoms with Crippen LogP contribution < -0.4 is 0 Å². The SMILES string of the molecule is C/C=C\c1cc(-c2c(C)cc(C)cc2C)cc(C(F)(F)F)c1F. The summed E-state index contributed by atoms with van der Waals surface area (Å²) in [5.74, 6) is -1.23. The molecule has 0 fully saturated rings. The molecule has 0 spiro atoms. The average molecular weight is 322 g/mol. The van der Waals surface area contributed by atoms with Crippen LogP contribution >= 0.6 is 0 Å². The maximum absolute atomic E-state index is 14.1. The summed E-state index contributed by atoms with van der Waals surface area (Å²) in [6, 6.07) is 6.19. The van der Waals surface area contributed by atoms with Gasteiger partial charge in [0.25, 0.3) is 0 Å². The molecule has 0 N–H and O–H groups in total. The Balaban J connectivity index is 2.81. The fourth-order valence-electron chi connectivity index (χ4n) is 2.93. The zero-order valence-corrected chi connectivity index (χ0v) is 13.5. The summed E-state index contributed by atoms with van der Waals surface area (Å²) in [6.45, 7) is 7.27. The van der Waals surface area contributed by atoms with Crippen molar-refractivity contribution in [3.05, 3.63) is 64.0 Å². The molecule has 122 valence electrons. The maximum atomic E-state index is 14.1. The molecule has 0 nitrogen and oxygen atoms in total. The van der Waals surface area contributed by atoms with Crippen LogP contribution in [0.1, 0.15) is 34.7 Å². The number of hydrogen-bond donors (Lipinski definition) is 0. The van der Waals surface area contributed by atoms with E-state index >= 15 is 0 Å². The highest BCUT2D eigenvalue weighted by Crippen LogP contribution is 2.38. The van der Waals surface area contributed by atoms with Crippen LogP contribution in [0.25, 0.3) is 17.2 Å². The number of allylic oxidation sites excluding steroid dienone is 1. The van der Waals surface area contributed by atoms with Crippen LogP contribution in [-0.2, 0) is 6.18 Å². The van der Waals surface area contributed by atoms with E-state index in [-0.39, 0.29) is 5.56 Å². The number of hydrogen-bond acceptors (Lipinski definition) is 0. The van der Waals surface area contributed by atoms with E-state index in [0.29, 0.717) is 11.1 Å². The molecule has 4 heteroatoms. The zero-order valence-electron chi connectivity index (χ0n) is 13.5. The number of alkyl halides is 3. The van der Waals surface area contributed by atoms with E-state index in [0.717, 1.165) is 22.8 Å². The number of rotatable bonds is 2. The molecule has 0 aromatic heterocycles. The minimum Gasteiger partial charge on any atom is -0.206 e. The first kappa shape index (κ1) is 17.3. The minimum atomic E-state index is -4.73. The van der Waals surface area contributed by atoms with Gasteiger partial charge >= 0.3 is 6.18 Å². The number of aryl methyl sites for hydroxylation is 3. The molecule has 0 aliphatic carbocycles. The molecule has 0 saturated heterocycles. The molecule has 23 heavy (non-hydrogen) atoms. The summed E-state index contributed by atoms with van der Waals surface area (Å²) in [4.78, 5) is 0. The highest BCUT2D eigenvalue weighted by molar-refractivity contribution is 5.74. The largest absolute Gasteiger partial charge is 0.419 e. The van der Waals surface area contributed by atoms with Gasteiger partial charge in [0.1, 0.15) is 5.82 Å². The van der Waals surface area contributed by atoms with Gasteiger partial charge in [-0.15, -0.1) is 0 Å². The van der Waals surface area contributed by atoms with Crippen LogP contribution in [0.15, 0.2) is 30.3 Å². The molecule has 0 aliphatic heterocycles. The molecule has 0 atom stereocenters. The van der Waals surface area contributed by atoms with E-state index in [4.69, 9.17) is 0 Å². The maximum Gasteiger partial charge on any atom is 0.419 e. The Hall–Kier alpha value is -2.10. The van der Waals surface area contributed by atoms with Crippen LogP contribution in [0, 0.1) is 26.6 Å². The highest BCUT2D eigenvalue weighted by atomic mass is 19.4. The van der Waals surface area contributed by atoms with Crippen molar-refractivity contribution in [2.45, 2.75) is 33.9 Å². The van der Waals surface area contributed by atoms with E-state index < -0.39 is 17.6 Å². The van der Waals surface area contributed by atoms with Gasteiger partial charge < -0.3 is 0 Å². The summed E-state index contributed by atoms with van der Waals surface area (Å²) < 4.78 is 53.6. The third-order valence-corrected chi connectivity index (χ3v) is 3.72. The van der Waals surface area contributed by atoms with Crippen molar-refractivity contribution >= 4 is 6.08 Å². The fraction of sp³-hybridized carbons (Fsp3) is 0.263. The van der Waals surface area contributed by atoms with Crippen molar-refractivity contribution in [3.63, 3.8) is 0 Å². The van der Waals surface area contributed by atoms with Crippen molar-refractivity contribution in [1.82, 2.24) is 0 Å². The topological polar surface area (TPSA) is 0 Å². The average Bonchev–Trinajstić information content (AvgIpc) is 2.39. The first-order valence-electron chi connectivity index (χ1n) is 7.26. The summed E-state index contributed by atoms with van der Waals surface area (Å²) in [5.41, 5.74) is 2.57. The quantitative estimate of drug-likeness (QED) is 0.556. The van der Waals surface area contributed by atoms with Crippen LogP contribution in [0.2, 0.25) is 0 Å². The molecule has 2 rings (SSSR count). The van der Waals surface area contributed by atoms with Crippen LogP contribution in [0.3, 0.4) is 0 Å². The molecule has 0 heterocycles. The van der Waals surface area contributed by atoms with Crippen molar-refractivity contribution in [3.8, 4) is 11.1 Å². The van der Waals surface area contributed by atoms with Crippen molar-refractivity contribution in [2.24, 2.45) is 0 Å². The molecule has 2 aromatic carbocycles. The molecular weight excluding hydrogens is 304 g/mol. The van der Waals surface area contributed by atoms with Gasteiger partial charge in [-0.3, -0.25) is 0 Å². The normalized spacial score (nSPS) is 12.2. The van der Waals surface area contributed by atoms with Gasteiger partial charge in [0.2, 0.25) is 0 Å². The summed E-state index contributed by atoms with van der Waals surface area (Å²) in [7, 11) is 0. The molecule has 0 aliphatic rings. The second kappa shape index (κ2) is 6.19. The predicted octanol–water partition coefficient (Wildman–Crippen LogP) is 6.47. The lowest BCUT2D eigenvalue weighted by atomic mass is 9.91. The van der Waals surface area contributed by atoms with Crippen molar-refractivity contribution in [1.29, 1.82) is 0 Å². The Bertz CT molecular complexity index is 745. The Labute approximate surface area is 133 Å². The Morgan fingerprint density at radius 3 is 1.96 bits per heavy atom. The van der Waals surface area contributed by atoms with Gasteiger partial charge in [-0.25, -0.2) is 4.39 Å². The monoisotopic (exact) mass is 322 g/mol. The van der Waals surface area contributed by atoms with Gasteiger partial charge in [-0.05, 0) is 62.1 Å². The van der Waals surface area contributed by atoms with Gasteiger partial charge in [0.15, 0.2) is 0 Å². The van der Waals surface area contributed by atoms with Crippen molar-refractivity contribution in [2.75, 3.05) is 0 Å². The molecule has 0 unspecified atom stereocenters. The van der Waals surface area contributed by atoms with E-state index in [2.05, 4.69) is 0 Å². The van der Waals surface area contributed by atoms with Crippen LogP contribution in [-0.4, -0.2) is 0 Å². The second-order valence-corrected chi connectivity index (χ2v) is 5.70. The van der Waals surface area contributed by atoms with E-state index in [1.807, 2.05) is 32.9 Å². The van der Waals surface area contributed by atoms with Gasteiger partial charge in [-0.2, -0.15) is 13.2 Å². The molecule has 0 saturated carbocycles. The molecule has 0 bridgehead atoms. The molecule has 0 amide bonds. The summed E-state index contributed by atoms with van der Waals surface area (Å²) >= 11 is 0. The lowest BCUT2D eigenvalue weighted by Gasteiger charge is -2.16. The first-order chi connectivity index (χ1) is 10.6. The Morgan fingerprint density at radius 2 is 1.48 bits per heavy atom. The van der Waals surface area contributed by atoms with Gasteiger partial charge in [-0.1, -0.05) is 29.8 Å². The van der Waals surface area contributed by atoms with Crippen LogP contribution in [0.5, 0.6) is 0 Å². The standard InChI is InChI=1S/C19H18F4/c1-5-6-14-9-15(10-16(18(14)20)19(21,22)23)17-12(3)7-11(2)8-13(17)4/h5-10H,1-4H3/b6-5-. The minimum absolute atomic E-state index is 0.0586. The first-order valence-corrected chi connectivity index (χ1v) is 7.26. The van der Waals surface area contributed by atoms with Gasteiger partial charge in [0, 0.05) is 5.56 Å². The van der Waals surface area contributed by atoms with Gasteiger partial charge in [0.05, 0.1) is 5.56 Å². The predicted molar refractivity (Wildman–Crippen MR) is 85.8 cm³/mol. The van der Waals surface area contributed by atoms with E-state index in [9.17, 15) is 17.6 Å². The Kier molecular flexibility index (Phi) is 4.64. The third-order valence-electron chi connectivity index (χ3n) is 3.72. The number of halogens is 4. The summed E-state index contributed by atoms with van der Waals surface area (Å²) in [6.07, 6.45) is -1.85. The summed E-state index contributed by atoms with van der Waals surface area (Å²) in [5, 5.41) is 0. The lowest BCUT2D eigenvalue weighted by molar-refractivity contribution is -0.139. The highest BCUT2D eigenvalue weighted by Gasteiger charge is 2.35.